The summed E-state index contributed by atoms with van der Waals surface area (Å²) in [5.41, 5.74) is 13.4. The largest absolute Gasteiger partial charge is 0.480 e. The van der Waals surface area contributed by atoms with Gasteiger partial charge in [0.25, 0.3) is 0 Å². The first-order valence-corrected chi connectivity index (χ1v) is 13.3. The molecule has 4 atom stereocenters. The van der Waals surface area contributed by atoms with Gasteiger partial charge >= 0.3 is 5.97 Å². The van der Waals surface area contributed by atoms with Crippen molar-refractivity contribution < 1.29 is 29.1 Å². The average molecular weight is 578 g/mol. The van der Waals surface area contributed by atoms with Crippen LogP contribution in [0.5, 0.6) is 0 Å². The predicted molar refractivity (Wildman–Crippen MR) is 152 cm³/mol. The van der Waals surface area contributed by atoms with Crippen LogP contribution in [0.15, 0.2) is 73.2 Å². The maximum atomic E-state index is 13.4. The molecule has 4 amide bonds. The van der Waals surface area contributed by atoms with Crippen molar-refractivity contribution in [1.29, 1.82) is 0 Å². The molecule has 13 heteroatoms. The first-order chi connectivity index (χ1) is 20.1. The van der Waals surface area contributed by atoms with Gasteiger partial charge in [0.15, 0.2) is 0 Å². The highest BCUT2D eigenvalue weighted by Crippen LogP contribution is 2.08. The molecule has 222 valence electrons. The normalized spacial score (nSPS) is 13.6. The first kappa shape index (κ1) is 31.5. The fourth-order valence-corrected chi connectivity index (χ4v) is 4.21. The van der Waals surface area contributed by atoms with E-state index in [4.69, 9.17) is 11.5 Å². The van der Waals surface area contributed by atoms with Gasteiger partial charge in [-0.2, -0.15) is 0 Å². The van der Waals surface area contributed by atoms with Gasteiger partial charge in [0.05, 0.1) is 12.4 Å². The van der Waals surface area contributed by atoms with E-state index >= 15 is 0 Å². The number of imidazole rings is 1. The number of aliphatic carboxylic acids is 1. The molecule has 0 fully saturated rings. The lowest BCUT2D eigenvalue weighted by atomic mass is 10.0. The molecular weight excluding hydrogens is 542 g/mol. The lowest BCUT2D eigenvalue weighted by Crippen LogP contribution is -2.58. The summed E-state index contributed by atoms with van der Waals surface area (Å²) < 4.78 is 0. The van der Waals surface area contributed by atoms with Crippen molar-refractivity contribution in [3.05, 3.63) is 90.0 Å². The standard InChI is InChI=1S/C29H35N7O6/c30-21(13-18-7-3-1-4-8-18)26(38)34-22(11-12-25(31)37)27(39)35-23(14-19-9-5-2-6-10-19)28(40)36-24(29(41)42)15-20-16-32-17-33-20/h1-10,16-17,21-24H,11-15,30H2,(H2,31,37)(H,32,33)(H,34,38)(H,35,39)(H,36,40)(H,41,42). The third-order valence-electron chi connectivity index (χ3n) is 6.46. The number of nitrogens with zero attached hydrogens (tertiary/aromatic N) is 1. The van der Waals surface area contributed by atoms with Gasteiger partial charge in [-0.1, -0.05) is 60.7 Å². The Balaban J connectivity index is 1.76. The Labute approximate surface area is 242 Å². The molecule has 4 unspecified atom stereocenters. The minimum atomic E-state index is -1.31. The molecule has 1 aromatic heterocycles. The molecule has 42 heavy (non-hydrogen) atoms. The summed E-state index contributed by atoms with van der Waals surface area (Å²) in [4.78, 5) is 69.7. The molecule has 0 radical (unpaired) electrons. The summed E-state index contributed by atoms with van der Waals surface area (Å²) in [6.45, 7) is 0. The highest BCUT2D eigenvalue weighted by atomic mass is 16.4. The second-order valence-corrected chi connectivity index (χ2v) is 9.79. The van der Waals surface area contributed by atoms with Crippen LogP contribution in [-0.4, -0.2) is 68.8 Å². The van der Waals surface area contributed by atoms with Crippen molar-refractivity contribution >= 4 is 29.6 Å². The van der Waals surface area contributed by atoms with Crippen LogP contribution in [0.3, 0.4) is 0 Å². The van der Waals surface area contributed by atoms with Gasteiger partial charge in [0.2, 0.25) is 23.6 Å². The van der Waals surface area contributed by atoms with Gasteiger partial charge in [-0.25, -0.2) is 9.78 Å². The number of carboxylic acid groups (broad SMARTS) is 1. The summed E-state index contributed by atoms with van der Waals surface area (Å²) >= 11 is 0. The SMILES string of the molecule is NC(=O)CCC(NC(=O)C(N)Cc1ccccc1)C(=O)NC(Cc1ccccc1)C(=O)NC(Cc1cnc[nH]1)C(=O)O. The molecule has 0 saturated carbocycles. The number of carboxylic acids is 1. The summed E-state index contributed by atoms with van der Waals surface area (Å²) in [7, 11) is 0. The molecule has 13 nitrogen and oxygen atoms in total. The molecule has 0 spiro atoms. The zero-order valence-electron chi connectivity index (χ0n) is 22.9. The molecule has 0 saturated heterocycles. The fraction of sp³-hybridized carbons (Fsp3) is 0.310. The monoisotopic (exact) mass is 577 g/mol. The van der Waals surface area contributed by atoms with Crippen molar-refractivity contribution in [3.8, 4) is 0 Å². The van der Waals surface area contributed by atoms with Gasteiger partial charge in [-0.05, 0) is 24.0 Å². The number of hydrogen-bond donors (Lipinski definition) is 7. The Hall–Kier alpha value is -5.04. The van der Waals surface area contributed by atoms with E-state index in [-0.39, 0.29) is 32.1 Å². The quantitative estimate of drug-likeness (QED) is 0.118. The Bertz CT molecular complexity index is 1340. The second-order valence-electron chi connectivity index (χ2n) is 9.79. The van der Waals surface area contributed by atoms with E-state index in [0.717, 1.165) is 5.56 Å². The van der Waals surface area contributed by atoms with Gasteiger partial charge in [0, 0.05) is 31.2 Å². The highest BCUT2D eigenvalue weighted by Gasteiger charge is 2.31. The highest BCUT2D eigenvalue weighted by molar-refractivity contribution is 5.94. The lowest BCUT2D eigenvalue weighted by Gasteiger charge is -2.25. The zero-order valence-corrected chi connectivity index (χ0v) is 22.9. The second kappa shape index (κ2) is 15.7. The number of aromatic nitrogens is 2. The Morgan fingerprint density at radius 1 is 0.762 bits per heavy atom. The number of benzene rings is 2. The van der Waals surface area contributed by atoms with Crippen molar-refractivity contribution in [1.82, 2.24) is 25.9 Å². The molecule has 0 aliphatic carbocycles. The number of amides is 4. The van der Waals surface area contributed by atoms with Gasteiger partial charge in [0.1, 0.15) is 18.1 Å². The van der Waals surface area contributed by atoms with E-state index in [1.54, 1.807) is 30.3 Å². The van der Waals surface area contributed by atoms with E-state index in [1.807, 2.05) is 30.3 Å². The van der Waals surface area contributed by atoms with Crippen LogP contribution in [-0.2, 0) is 43.2 Å². The summed E-state index contributed by atoms with van der Waals surface area (Å²) in [6.07, 6.45) is 2.65. The van der Waals surface area contributed by atoms with E-state index in [1.165, 1.54) is 12.5 Å². The predicted octanol–water partition coefficient (Wildman–Crippen LogP) is -0.431. The number of hydrogen-bond acceptors (Lipinski definition) is 7. The number of aromatic amines is 1. The molecule has 1 heterocycles. The lowest BCUT2D eigenvalue weighted by molar-refractivity contribution is -0.142. The van der Waals surface area contributed by atoms with Crippen LogP contribution in [0.1, 0.15) is 29.7 Å². The van der Waals surface area contributed by atoms with Gasteiger partial charge in [-0.3, -0.25) is 19.2 Å². The molecule has 0 aliphatic heterocycles. The van der Waals surface area contributed by atoms with Crippen molar-refractivity contribution in [2.24, 2.45) is 11.5 Å². The molecule has 3 rings (SSSR count). The molecule has 2 aromatic carbocycles. The Morgan fingerprint density at radius 3 is 1.86 bits per heavy atom. The topological polar surface area (TPSA) is 222 Å². The summed E-state index contributed by atoms with van der Waals surface area (Å²) in [5.74, 6) is -4.09. The minimum absolute atomic E-state index is 0.0266. The minimum Gasteiger partial charge on any atom is -0.480 e. The van der Waals surface area contributed by atoms with Crippen molar-refractivity contribution in [3.63, 3.8) is 0 Å². The van der Waals surface area contributed by atoms with E-state index in [0.29, 0.717) is 11.3 Å². The smallest absolute Gasteiger partial charge is 0.326 e. The number of nitrogens with two attached hydrogens (primary N) is 2. The molecule has 9 N–H and O–H groups in total. The van der Waals surface area contributed by atoms with Crippen LogP contribution in [0, 0.1) is 0 Å². The molecule has 0 bridgehead atoms. The third kappa shape index (κ3) is 10.2. The van der Waals surface area contributed by atoms with Gasteiger partial charge < -0.3 is 37.5 Å². The number of rotatable bonds is 16. The number of carbonyl (C=O) groups is 5. The number of nitrogens with one attached hydrogen (secondary N) is 4. The average Bonchev–Trinajstić information content (AvgIpc) is 3.48. The first-order valence-electron chi connectivity index (χ1n) is 13.3. The summed E-state index contributed by atoms with van der Waals surface area (Å²) in [5, 5.41) is 17.4. The fourth-order valence-electron chi connectivity index (χ4n) is 4.21. The Kier molecular flexibility index (Phi) is 11.7. The van der Waals surface area contributed by atoms with Crippen LogP contribution < -0.4 is 27.4 Å². The molecule has 0 aliphatic rings. The van der Waals surface area contributed by atoms with E-state index in [2.05, 4.69) is 25.9 Å². The number of carbonyl (C=O) groups excluding carboxylic acids is 4. The molecular formula is C29H35N7O6. The number of H-pyrrole nitrogens is 1. The van der Waals surface area contributed by atoms with Crippen LogP contribution >= 0.6 is 0 Å². The Morgan fingerprint density at radius 2 is 1.31 bits per heavy atom. The maximum absolute atomic E-state index is 13.4. The van der Waals surface area contributed by atoms with Crippen LogP contribution in [0.2, 0.25) is 0 Å². The number of primary amides is 1. The third-order valence-corrected chi connectivity index (χ3v) is 6.46. The van der Waals surface area contributed by atoms with Crippen LogP contribution in [0.4, 0.5) is 0 Å². The molecule has 3 aromatic rings. The van der Waals surface area contributed by atoms with Crippen molar-refractivity contribution in [2.75, 3.05) is 0 Å². The van der Waals surface area contributed by atoms with E-state index < -0.39 is 53.8 Å². The maximum Gasteiger partial charge on any atom is 0.326 e. The zero-order chi connectivity index (χ0) is 30.5. The van der Waals surface area contributed by atoms with E-state index in [9.17, 15) is 29.1 Å². The van der Waals surface area contributed by atoms with Gasteiger partial charge in [-0.15, -0.1) is 0 Å². The van der Waals surface area contributed by atoms with Crippen molar-refractivity contribution in [2.45, 2.75) is 56.3 Å². The van der Waals surface area contributed by atoms with Crippen LogP contribution in [0.25, 0.3) is 0 Å². The summed E-state index contributed by atoms with van der Waals surface area (Å²) in [6, 6.07) is 13.1.